The molecule has 0 unspecified atom stereocenters. The highest BCUT2D eigenvalue weighted by Gasteiger charge is 2.52. The molecular weight excluding hydrogens is 298 g/mol. The van der Waals surface area contributed by atoms with Crippen LogP contribution < -0.4 is 10.4 Å². The molecule has 0 radical (unpaired) electrons. The smallest absolute Gasteiger partial charge is 0.346 e. The molecule has 0 aromatic carbocycles. The maximum atomic E-state index is 12.3. The second-order valence-electron chi connectivity index (χ2n) is 6.16. The molecule has 1 aliphatic carbocycles. The van der Waals surface area contributed by atoms with Crippen LogP contribution in [0, 0.1) is 0 Å². The minimum atomic E-state index is -1.42. The van der Waals surface area contributed by atoms with Gasteiger partial charge in [-0.2, -0.15) is 0 Å². The van der Waals surface area contributed by atoms with Gasteiger partial charge in [-0.25, -0.2) is 4.79 Å². The molecule has 120 valence electrons. The summed E-state index contributed by atoms with van der Waals surface area (Å²) in [7, 11) is 0. The van der Waals surface area contributed by atoms with Crippen molar-refractivity contribution in [2.45, 2.75) is 43.5 Å². The van der Waals surface area contributed by atoms with Crippen molar-refractivity contribution < 1.29 is 19.4 Å². The van der Waals surface area contributed by atoms with Crippen molar-refractivity contribution in [1.29, 1.82) is 0 Å². The zero-order valence-corrected chi connectivity index (χ0v) is 12.4. The Labute approximate surface area is 132 Å². The molecule has 4 rings (SSSR count). The number of fused-ring (bicyclic) bond motifs is 2. The average molecular weight is 315 g/mol. The number of hydrogen-bond donors (Lipinski definition) is 2. The number of aliphatic hydroxyl groups is 2. The van der Waals surface area contributed by atoms with E-state index in [0.29, 0.717) is 24.2 Å². The first kappa shape index (κ1) is 14.4. The summed E-state index contributed by atoms with van der Waals surface area (Å²) < 4.78 is 11.2. The van der Waals surface area contributed by atoms with Crippen molar-refractivity contribution in [3.05, 3.63) is 46.6 Å². The lowest BCUT2D eigenvalue weighted by atomic mass is 9.74. The number of nitrogens with zero attached hydrogens (tertiary/aromatic N) is 1. The standard InChI is InChI=1S/C17H17NO5/c19-15-14-12(22-13-5-1-2-6-17(13,15)21)8-11(23-16(14)20)10-4-3-7-18-9-10/h3-4,7-9,13,15,19,21H,1-2,5-6H2/t13-,15+,17-/m0/s1. The first-order valence-electron chi connectivity index (χ1n) is 7.75. The van der Waals surface area contributed by atoms with E-state index >= 15 is 0 Å². The number of aromatic nitrogens is 1. The topological polar surface area (TPSA) is 92.8 Å². The number of ether oxygens (including phenoxy) is 1. The lowest BCUT2D eigenvalue weighted by molar-refractivity contribution is -0.172. The molecule has 0 spiro atoms. The third kappa shape index (κ3) is 2.17. The van der Waals surface area contributed by atoms with Crippen molar-refractivity contribution in [2.75, 3.05) is 0 Å². The third-order valence-corrected chi connectivity index (χ3v) is 4.76. The maximum Gasteiger partial charge on any atom is 0.346 e. The summed E-state index contributed by atoms with van der Waals surface area (Å²) >= 11 is 0. The fraction of sp³-hybridized carbons (Fsp3) is 0.412. The quantitative estimate of drug-likeness (QED) is 0.833. The van der Waals surface area contributed by atoms with Gasteiger partial charge in [0.15, 0.2) is 0 Å². The lowest BCUT2D eigenvalue weighted by Gasteiger charge is -2.46. The molecule has 6 heteroatoms. The molecule has 1 aliphatic heterocycles. The van der Waals surface area contributed by atoms with Crippen LogP contribution in [0.15, 0.2) is 39.8 Å². The van der Waals surface area contributed by atoms with E-state index in [2.05, 4.69) is 4.98 Å². The first-order chi connectivity index (χ1) is 11.1. The molecule has 23 heavy (non-hydrogen) atoms. The van der Waals surface area contributed by atoms with Gasteiger partial charge in [0.1, 0.15) is 34.9 Å². The zero-order valence-electron chi connectivity index (χ0n) is 12.4. The zero-order chi connectivity index (χ0) is 16.0. The Balaban J connectivity index is 1.84. The summed E-state index contributed by atoms with van der Waals surface area (Å²) in [6, 6.07) is 5.10. The summed E-state index contributed by atoms with van der Waals surface area (Å²) in [6.07, 6.45) is 4.17. The molecule has 2 aliphatic rings. The van der Waals surface area contributed by atoms with E-state index in [4.69, 9.17) is 9.15 Å². The van der Waals surface area contributed by atoms with Crippen LogP contribution in [0.5, 0.6) is 5.75 Å². The van der Waals surface area contributed by atoms with Gasteiger partial charge in [-0.15, -0.1) is 0 Å². The van der Waals surface area contributed by atoms with Gasteiger partial charge in [0.2, 0.25) is 0 Å². The van der Waals surface area contributed by atoms with Gasteiger partial charge in [-0.3, -0.25) is 4.98 Å². The normalized spacial score (nSPS) is 29.3. The van der Waals surface area contributed by atoms with Crippen LogP contribution in [0.1, 0.15) is 37.4 Å². The Kier molecular flexibility index (Phi) is 3.25. The van der Waals surface area contributed by atoms with Gasteiger partial charge in [0, 0.05) is 24.0 Å². The highest BCUT2D eigenvalue weighted by atomic mass is 16.5. The third-order valence-electron chi connectivity index (χ3n) is 4.76. The molecular formula is C17H17NO5. The van der Waals surface area contributed by atoms with Crippen LogP contribution in [0.25, 0.3) is 11.3 Å². The second kappa shape index (κ2) is 5.18. The summed E-state index contributed by atoms with van der Waals surface area (Å²) in [6.45, 7) is 0. The highest BCUT2D eigenvalue weighted by molar-refractivity contribution is 5.58. The molecule has 2 N–H and O–H groups in total. The van der Waals surface area contributed by atoms with Crippen molar-refractivity contribution in [3.63, 3.8) is 0 Å². The van der Waals surface area contributed by atoms with Crippen LogP contribution in [-0.4, -0.2) is 26.9 Å². The predicted octanol–water partition coefficient (Wildman–Crippen LogP) is 1.80. The van der Waals surface area contributed by atoms with Crippen LogP contribution >= 0.6 is 0 Å². The van der Waals surface area contributed by atoms with Crippen LogP contribution in [0.2, 0.25) is 0 Å². The monoisotopic (exact) mass is 315 g/mol. The minimum Gasteiger partial charge on any atom is -0.486 e. The predicted molar refractivity (Wildman–Crippen MR) is 81.0 cm³/mol. The number of hydrogen-bond acceptors (Lipinski definition) is 6. The van der Waals surface area contributed by atoms with Crippen molar-refractivity contribution in [3.8, 4) is 17.1 Å². The van der Waals surface area contributed by atoms with Crippen LogP contribution in [0.4, 0.5) is 0 Å². The Morgan fingerprint density at radius 1 is 1.35 bits per heavy atom. The molecule has 3 atom stereocenters. The van der Waals surface area contributed by atoms with E-state index in [9.17, 15) is 15.0 Å². The Bertz CT molecular complexity index is 787. The Morgan fingerprint density at radius 2 is 2.22 bits per heavy atom. The van der Waals surface area contributed by atoms with Crippen LogP contribution in [-0.2, 0) is 0 Å². The molecule has 0 bridgehead atoms. The van der Waals surface area contributed by atoms with E-state index in [1.54, 1.807) is 30.6 Å². The molecule has 6 nitrogen and oxygen atoms in total. The Hall–Kier alpha value is -2.18. The van der Waals surface area contributed by atoms with Gasteiger partial charge in [-0.1, -0.05) is 6.42 Å². The number of rotatable bonds is 1. The van der Waals surface area contributed by atoms with Gasteiger partial charge >= 0.3 is 5.63 Å². The van der Waals surface area contributed by atoms with Crippen molar-refractivity contribution >= 4 is 0 Å². The molecule has 2 aromatic heterocycles. The van der Waals surface area contributed by atoms with Gasteiger partial charge < -0.3 is 19.4 Å². The van der Waals surface area contributed by atoms with E-state index in [1.165, 1.54) is 0 Å². The van der Waals surface area contributed by atoms with E-state index in [1.807, 2.05) is 0 Å². The summed E-state index contributed by atoms with van der Waals surface area (Å²) in [5, 5.41) is 21.3. The van der Waals surface area contributed by atoms with Crippen molar-refractivity contribution in [1.82, 2.24) is 4.98 Å². The molecule has 0 saturated heterocycles. The van der Waals surface area contributed by atoms with E-state index < -0.39 is 23.4 Å². The first-order valence-corrected chi connectivity index (χ1v) is 7.75. The van der Waals surface area contributed by atoms with Crippen LogP contribution in [0.3, 0.4) is 0 Å². The average Bonchev–Trinajstić information content (AvgIpc) is 2.56. The molecule has 0 amide bonds. The minimum absolute atomic E-state index is 0.00158. The Morgan fingerprint density at radius 3 is 3.00 bits per heavy atom. The van der Waals surface area contributed by atoms with E-state index in [-0.39, 0.29) is 11.3 Å². The SMILES string of the molecule is O=c1oc(-c2cccnc2)cc2c1[C@@H](O)[C@]1(O)CCCC[C@@H]1O2. The maximum absolute atomic E-state index is 12.3. The van der Waals surface area contributed by atoms with Crippen molar-refractivity contribution in [2.24, 2.45) is 0 Å². The van der Waals surface area contributed by atoms with Gasteiger partial charge in [-0.05, 0) is 31.4 Å². The summed E-state index contributed by atoms with van der Waals surface area (Å²) in [5.74, 6) is 0.611. The lowest BCUT2D eigenvalue weighted by Crippen LogP contribution is -2.56. The van der Waals surface area contributed by atoms with E-state index in [0.717, 1.165) is 12.8 Å². The highest BCUT2D eigenvalue weighted by Crippen LogP contribution is 2.46. The fourth-order valence-corrected chi connectivity index (χ4v) is 3.50. The van der Waals surface area contributed by atoms with Gasteiger partial charge in [0.25, 0.3) is 0 Å². The summed E-state index contributed by atoms with van der Waals surface area (Å²) in [5.41, 5.74) is -1.46. The molecule has 1 saturated carbocycles. The number of pyridine rings is 1. The molecule has 3 heterocycles. The molecule has 1 fully saturated rings. The fourth-order valence-electron chi connectivity index (χ4n) is 3.50. The van der Waals surface area contributed by atoms with Gasteiger partial charge in [0.05, 0.1) is 0 Å². The molecule has 2 aromatic rings. The largest absolute Gasteiger partial charge is 0.486 e. The number of aliphatic hydroxyl groups excluding tert-OH is 1. The second-order valence-corrected chi connectivity index (χ2v) is 6.16. The summed E-state index contributed by atoms with van der Waals surface area (Å²) in [4.78, 5) is 16.3.